The second-order valence-corrected chi connectivity index (χ2v) is 6.05. The Kier molecular flexibility index (Phi) is 2.33. The molecule has 1 unspecified atom stereocenters. The van der Waals surface area contributed by atoms with E-state index in [9.17, 15) is 0 Å². The SMILES string of the molecule is Nc1ccc2nc(C3CCSC3)sc2c1. The van der Waals surface area contributed by atoms with Crippen molar-refractivity contribution in [3.8, 4) is 0 Å². The highest BCUT2D eigenvalue weighted by Gasteiger charge is 2.20. The molecule has 1 atom stereocenters. The minimum Gasteiger partial charge on any atom is -0.399 e. The molecule has 0 spiro atoms. The minimum absolute atomic E-state index is 0.675. The van der Waals surface area contributed by atoms with Gasteiger partial charge in [-0.1, -0.05) is 0 Å². The van der Waals surface area contributed by atoms with Crippen molar-refractivity contribution in [3.63, 3.8) is 0 Å². The van der Waals surface area contributed by atoms with Gasteiger partial charge in [-0.3, -0.25) is 0 Å². The molecule has 1 aliphatic rings. The Labute approximate surface area is 96.9 Å². The molecular weight excluding hydrogens is 224 g/mol. The Hall–Kier alpha value is -0.740. The molecule has 0 amide bonds. The molecule has 0 bridgehead atoms. The molecule has 15 heavy (non-hydrogen) atoms. The van der Waals surface area contributed by atoms with Crippen LogP contribution in [0, 0.1) is 0 Å². The molecule has 1 aliphatic heterocycles. The Morgan fingerprint density at radius 2 is 2.33 bits per heavy atom. The van der Waals surface area contributed by atoms with E-state index < -0.39 is 0 Å². The summed E-state index contributed by atoms with van der Waals surface area (Å²) in [5, 5.41) is 1.29. The lowest BCUT2D eigenvalue weighted by Crippen LogP contribution is -1.94. The highest BCUT2D eigenvalue weighted by atomic mass is 32.2. The number of nitrogens with zero attached hydrogens (tertiary/aromatic N) is 1. The molecular formula is C11H12N2S2. The van der Waals surface area contributed by atoms with E-state index in [1.54, 1.807) is 11.3 Å². The number of benzene rings is 1. The lowest BCUT2D eigenvalue weighted by molar-refractivity contribution is 0.776. The van der Waals surface area contributed by atoms with Crippen LogP contribution in [0.1, 0.15) is 17.3 Å². The summed E-state index contributed by atoms with van der Waals surface area (Å²) in [5.74, 6) is 3.19. The van der Waals surface area contributed by atoms with Crippen LogP contribution >= 0.6 is 23.1 Å². The van der Waals surface area contributed by atoms with Gasteiger partial charge in [-0.2, -0.15) is 11.8 Å². The van der Waals surface area contributed by atoms with E-state index in [1.807, 2.05) is 30.0 Å². The molecule has 0 aliphatic carbocycles. The van der Waals surface area contributed by atoms with E-state index in [0.717, 1.165) is 11.2 Å². The second kappa shape index (κ2) is 3.68. The van der Waals surface area contributed by atoms with Gasteiger partial charge in [0.1, 0.15) is 0 Å². The number of nitrogens with two attached hydrogens (primary N) is 1. The fourth-order valence-electron chi connectivity index (χ4n) is 1.86. The van der Waals surface area contributed by atoms with Gasteiger partial charge in [0.15, 0.2) is 0 Å². The third kappa shape index (κ3) is 1.72. The van der Waals surface area contributed by atoms with Crippen molar-refractivity contribution < 1.29 is 0 Å². The largest absolute Gasteiger partial charge is 0.399 e. The average molecular weight is 236 g/mol. The number of thioether (sulfide) groups is 1. The van der Waals surface area contributed by atoms with E-state index in [0.29, 0.717) is 5.92 Å². The maximum Gasteiger partial charge on any atom is 0.0978 e. The molecule has 1 saturated heterocycles. The Morgan fingerprint density at radius 3 is 3.13 bits per heavy atom. The molecule has 3 rings (SSSR count). The second-order valence-electron chi connectivity index (χ2n) is 3.84. The Bertz CT molecular complexity index is 486. The van der Waals surface area contributed by atoms with Gasteiger partial charge >= 0.3 is 0 Å². The maximum atomic E-state index is 5.76. The Balaban J connectivity index is 2.05. The first-order chi connectivity index (χ1) is 7.33. The summed E-state index contributed by atoms with van der Waals surface area (Å²) < 4.78 is 1.22. The molecule has 4 heteroatoms. The van der Waals surface area contributed by atoms with Crippen LogP contribution in [0.15, 0.2) is 18.2 Å². The summed E-state index contributed by atoms with van der Waals surface area (Å²) in [6.07, 6.45) is 1.28. The van der Waals surface area contributed by atoms with Crippen LogP contribution in [-0.4, -0.2) is 16.5 Å². The predicted octanol–water partition coefficient (Wildman–Crippen LogP) is 3.10. The molecule has 2 heterocycles. The standard InChI is InChI=1S/C11H12N2S2/c12-8-1-2-9-10(5-8)15-11(13-9)7-3-4-14-6-7/h1-2,5,7H,3-4,6,12H2. The first-order valence-electron chi connectivity index (χ1n) is 5.06. The number of hydrogen-bond donors (Lipinski definition) is 1. The van der Waals surface area contributed by atoms with Crippen LogP contribution in [-0.2, 0) is 0 Å². The van der Waals surface area contributed by atoms with Crippen molar-refractivity contribution in [2.45, 2.75) is 12.3 Å². The molecule has 2 aromatic rings. The highest BCUT2D eigenvalue weighted by molar-refractivity contribution is 7.99. The van der Waals surface area contributed by atoms with E-state index in [4.69, 9.17) is 5.73 Å². The van der Waals surface area contributed by atoms with Gasteiger partial charge in [0.2, 0.25) is 0 Å². The third-order valence-corrected chi connectivity index (χ3v) is 5.05. The van der Waals surface area contributed by atoms with Gasteiger partial charge in [-0.05, 0) is 30.4 Å². The van der Waals surface area contributed by atoms with E-state index in [2.05, 4.69) is 4.98 Å². The summed E-state index contributed by atoms with van der Waals surface area (Å²) in [6, 6.07) is 5.97. The van der Waals surface area contributed by atoms with Crippen LogP contribution in [0.5, 0.6) is 0 Å². The topological polar surface area (TPSA) is 38.9 Å². The zero-order chi connectivity index (χ0) is 10.3. The predicted molar refractivity (Wildman–Crippen MR) is 68.7 cm³/mol. The van der Waals surface area contributed by atoms with Crippen LogP contribution in [0.3, 0.4) is 0 Å². The number of hydrogen-bond acceptors (Lipinski definition) is 4. The van der Waals surface area contributed by atoms with Crippen molar-refractivity contribution in [2.24, 2.45) is 0 Å². The summed E-state index contributed by atoms with van der Waals surface area (Å²) in [6.45, 7) is 0. The number of fused-ring (bicyclic) bond motifs is 1. The molecule has 78 valence electrons. The normalized spacial score (nSPS) is 21.2. The number of nitrogen functional groups attached to an aromatic ring is 1. The third-order valence-electron chi connectivity index (χ3n) is 2.71. The summed E-state index contributed by atoms with van der Waals surface area (Å²) in [5.41, 5.74) is 7.69. The summed E-state index contributed by atoms with van der Waals surface area (Å²) in [4.78, 5) is 4.69. The molecule has 0 radical (unpaired) electrons. The average Bonchev–Trinajstić information content (AvgIpc) is 2.84. The number of thiazole rings is 1. The molecule has 1 fully saturated rings. The smallest absolute Gasteiger partial charge is 0.0978 e. The van der Waals surface area contributed by atoms with Gasteiger partial charge in [-0.15, -0.1) is 11.3 Å². The molecule has 0 saturated carbocycles. The molecule has 1 aromatic heterocycles. The van der Waals surface area contributed by atoms with Crippen molar-refractivity contribution in [2.75, 3.05) is 17.2 Å². The monoisotopic (exact) mass is 236 g/mol. The number of aromatic nitrogens is 1. The number of anilines is 1. The maximum absolute atomic E-state index is 5.76. The summed E-state index contributed by atoms with van der Waals surface area (Å²) in [7, 11) is 0. The van der Waals surface area contributed by atoms with Gasteiger partial charge in [0, 0.05) is 17.4 Å². The first kappa shape index (κ1) is 9.48. The van der Waals surface area contributed by atoms with E-state index in [1.165, 1.54) is 27.6 Å². The van der Waals surface area contributed by atoms with Crippen molar-refractivity contribution in [3.05, 3.63) is 23.2 Å². The Morgan fingerprint density at radius 1 is 1.40 bits per heavy atom. The molecule has 2 nitrogen and oxygen atoms in total. The van der Waals surface area contributed by atoms with Crippen LogP contribution in [0.2, 0.25) is 0 Å². The van der Waals surface area contributed by atoms with Gasteiger partial charge in [-0.25, -0.2) is 4.98 Å². The summed E-state index contributed by atoms with van der Waals surface area (Å²) >= 11 is 3.84. The minimum atomic E-state index is 0.675. The lowest BCUT2D eigenvalue weighted by Gasteiger charge is -2.00. The fourth-order valence-corrected chi connectivity index (χ4v) is 4.35. The molecule has 1 aromatic carbocycles. The fraction of sp³-hybridized carbons (Fsp3) is 0.364. The van der Waals surface area contributed by atoms with Gasteiger partial charge in [0.05, 0.1) is 15.2 Å². The first-order valence-corrected chi connectivity index (χ1v) is 7.04. The van der Waals surface area contributed by atoms with Crippen molar-refractivity contribution >= 4 is 39.0 Å². The number of rotatable bonds is 1. The van der Waals surface area contributed by atoms with Crippen LogP contribution in [0.4, 0.5) is 5.69 Å². The van der Waals surface area contributed by atoms with Gasteiger partial charge in [0.25, 0.3) is 0 Å². The van der Waals surface area contributed by atoms with Gasteiger partial charge < -0.3 is 5.73 Å². The van der Waals surface area contributed by atoms with Crippen LogP contribution < -0.4 is 5.73 Å². The zero-order valence-corrected chi connectivity index (χ0v) is 9.90. The lowest BCUT2D eigenvalue weighted by atomic mass is 10.1. The van der Waals surface area contributed by atoms with Crippen molar-refractivity contribution in [1.82, 2.24) is 4.98 Å². The highest BCUT2D eigenvalue weighted by Crippen LogP contribution is 2.36. The zero-order valence-electron chi connectivity index (χ0n) is 8.27. The van der Waals surface area contributed by atoms with Crippen molar-refractivity contribution in [1.29, 1.82) is 0 Å². The van der Waals surface area contributed by atoms with Crippen LogP contribution in [0.25, 0.3) is 10.2 Å². The van der Waals surface area contributed by atoms with E-state index >= 15 is 0 Å². The quantitative estimate of drug-likeness (QED) is 0.773. The molecule has 2 N–H and O–H groups in total. The van der Waals surface area contributed by atoms with E-state index in [-0.39, 0.29) is 0 Å².